The van der Waals surface area contributed by atoms with Gasteiger partial charge in [-0.15, -0.1) is 0 Å². The Morgan fingerprint density at radius 3 is 2.11 bits per heavy atom. The number of nitrogens with zero attached hydrogens (tertiary/aromatic N) is 1. The first kappa shape index (κ1) is 15.3. The normalized spacial score (nSPS) is 11.7. The molecule has 102 valence electrons. The van der Waals surface area contributed by atoms with E-state index in [4.69, 9.17) is 13.3 Å². The van der Waals surface area contributed by atoms with Crippen molar-refractivity contribution >= 4 is 8.80 Å². The maximum Gasteiger partial charge on any atom is 0.501 e. The van der Waals surface area contributed by atoms with Crippen LogP contribution in [0.25, 0.3) is 0 Å². The molecular formula is C13H23NO3Si. The number of hydrogen-bond acceptors (Lipinski definition) is 4. The molecule has 0 unspecified atom stereocenters. The van der Waals surface area contributed by atoms with Crippen molar-refractivity contribution in [2.24, 2.45) is 0 Å². The van der Waals surface area contributed by atoms with Crippen LogP contribution in [0.4, 0.5) is 0 Å². The average molecular weight is 269 g/mol. The van der Waals surface area contributed by atoms with Gasteiger partial charge < -0.3 is 13.3 Å². The highest BCUT2D eigenvalue weighted by Gasteiger charge is 2.39. The van der Waals surface area contributed by atoms with Gasteiger partial charge in [0.2, 0.25) is 0 Å². The van der Waals surface area contributed by atoms with Crippen molar-refractivity contribution in [1.82, 2.24) is 4.98 Å². The van der Waals surface area contributed by atoms with Crippen molar-refractivity contribution in [3.05, 3.63) is 30.1 Å². The van der Waals surface area contributed by atoms with E-state index in [9.17, 15) is 0 Å². The minimum Gasteiger partial charge on any atom is -0.374 e. The van der Waals surface area contributed by atoms with Crippen LogP contribution in [-0.2, 0) is 19.7 Å². The summed E-state index contributed by atoms with van der Waals surface area (Å²) in [6, 6.07) is 4.81. The molecule has 1 aromatic heterocycles. The highest BCUT2D eigenvalue weighted by atomic mass is 28.4. The smallest absolute Gasteiger partial charge is 0.374 e. The standard InChI is InChI=1S/C13H23NO3Si/c1-4-15-18(16-5-2,17-6-3)11-9-13-8-7-10-14-12-13/h7-8,10,12H,4-6,9,11H2,1-3H3. The molecule has 5 heteroatoms. The second-order valence-electron chi connectivity index (χ2n) is 3.84. The van der Waals surface area contributed by atoms with Crippen LogP contribution in [0.15, 0.2) is 24.5 Å². The third-order valence-electron chi connectivity index (χ3n) is 2.54. The summed E-state index contributed by atoms with van der Waals surface area (Å²) in [6.07, 6.45) is 4.53. The minimum absolute atomic E-state index is 0.624. The van der Waals surface area contributed by atoms with Crippen molar-refractivity contribution in [3.8, 4) is 0 Å². The van der Waals surface area contributed by atoms with Crippen LogP contribution in [0.5, 0.6) is 0 Å². The molecule has 0 bridgehead atoms. The Hall–Kier alpha value is -0.753. The van der Waals surface area contributed by atoms with Gasteiger partial charge in [0.1, 0.15) is 0 Å². The maximum absolute atomic E-state index is 5.81. The molecule has 1 rings (SSSR count). The van der Waals surface area contributed by atoms with Crippen LogP contribution >= 0.6 is 0 Å². The Balaban J connectivity index is 2.64. The summed E-state index contributed by atoms with van der Waals surface area (Å²) >= 11 is 0. The molecule has 0 spiro atoms. The number of rotatable bonds is 9. The van der Waals surface area contributed by atoms with Gasteiger partial charge in [0.25, 0.3) is 0 Å². The second-order valence-corrected chi connectivity index (χ2v) is 6.58. The predicted octanol–water partition coefficient (Wildman–Crippen LogP) is 2.67. The van der Waals surface area contributed by atoms with Gasteiger partial charge in [-0.25, -0.2) is 0 Å². The zero-order chi connectivity index (χ0) is 13.3. The number of hydrogen-bond donors (Lipinski definition) is 0. The van der Waals surface area contributed by atoms with Gasteiger partial charge in [0, 0.05) is 38.3 Å². The number of aromatic nitrogens is 1. The molecule has 0 aromatic carbocycles. The first-order valence-corrected chi connectivity index (χ1v) is 8.50. The molecule has 0 aliphatic carbocycles. The summed E-state index contributed by atoms with van der Waals surface area (Å²) in [4.78, 5) is 4.12. The first-order valence-electron chi connectivity index (χ1n) is 6.57. The van der Waals surface area contributed by atoms with Crippen LogP contribution in [-0.4, -0.2) is 33.6 Å². The van der Waals surface area contributed by atoms with Gasteiger partial charge in [0.15, 0.2) is 0 Å². The van der Waals surface area contributed by atoms with Gasteiger partial charge >= 0.3 is 8.80 Å². The SMILES string of the molecule is CCO[Si](CCc1cccnc1)(OCC)OCC. The summed E-state index contributed by atoms with van der Waals surface area (Å²) in [6.45, 7) is 7.80. The summed E-state index contributed by atoms with van der Waals surface area (Å²) < 4.78 is 17.4. The monoisotopic (exact) mass is 269 g/mol. The third-order valence-corrected chi connectivity index (χ3v) is 5.58. The number of aryl methyl sites for hydroxylation is 1. The fourth-order valence-electron chi connectivity index (χ4n) is 1.84. The van der Waals surface area contributed by atoms with Crippen molar-refractivity contribution < 1.29 is 13.3 Å². The van der Waals surface area contributed by atoms with Gasteiger partial charge in [-0.2, -0.15) is 0 Å². The second kappa shape index (κ2) is 8.37. The number of pyridine rings is 1. The molecule has 0 N–H and O–H groups in total. The molecular weight excluding hydrogens is 246 g/mol. The summed E-state index contributed by atoms with van der Waals surface area (Å²) in [5, 5.41) is 0. The molecule has 0 saturated heterocycles. The molecule has 1 heterocycles. The largest absolute Gasteiger partial charge is 0.501 e. The van der Waals surface area contributed by atoms with Gasteiger partial charge in [0.05, 0.1) is 0 Å². The van der Waals surface area contributed by atoms with E-state index in [1.807, 2.05) is 33.0 Å². The molecule has 4 nitrogen and oxygen atoms in total. The molecule has 0 saturated carbocycles. The van der Waals surface area contributed by atoms with Gasteiger partial charge in [-0.1, -0.05) is 6.07 Å². The van der Waals surface area contributed by atoms with E-state index in [0.29, 0.717) is 19.8 Å². The summed E-state index contributed by atoms with van der Waals surface area (Å²) in [5.74, 6) is 0. The zero-order valence-corrected chi connectivity index (χ0v) is 12.5. The quantitative estimate of drug-likeness (QED) is 0.646. The topological polar surface area (TPSA) is 40.6 Å². The zero-order valence-electron chi connectivity index (χ0n) is 11.5. The lowest BCUT2D eigenvalue weighted by Crippen LogP contribution is -2.46. The Labute approximate surface area is 111 Å². The van der Waals surface area contributed by atoms with Crippen LogP contribution in [0.3, 0.4) is 0 Å². The molecule has 0 aliphatic heterocycles. The highest BCUT2D eigenvalue weighted by molar-refractivity contribution is 6.60. The molecule has 0 radical (unpaired) electrons. The van der Waals surface area contributed by atoms with E-state index in [-0.39, 0.29) is 0 Å². The molecule has 1 aromatic rings. The van der Waals surface area contributed by atoms with Crippen LogP contribution < -0.4 is 0 Å². The van der Waals surface area contributed by atoms with E-state index < -0.39 is 8.80 Å². The fourth-order valence-corrected chi connectivity index (χ4v) is 4.44. The Bertz CT molecular complexity index is 304. The van der Waals surface area contributed by atoms with E-state index >= 15 is 0 Å². The van der Waals surface area contributed by atoms with E-state index in [1.54, 1.807) is 6.20 Å². The molecule has 0 aliphatic rings. The van der Waals surface area contributed by atoms with Crippen molar-refractivity contribution in [2.75, 3.05) is 19.8 Å². The van der Waals surface area contributed by atoms with Crippen molar-refractivity contribution in [3.63, 3.8) is 0 Å². The predicted molar refractivity (Wildman–Crippen MR) is 73.4 cm³/mol. The maximum atomic E-state index is 5.81. The average Bonchev–Trinajstić information content (AvgIpc) is 2.39. The summed E-state index contributed by atoms with van der Waals surface area (Å²) in [7, 11) is -2.51. The fraction of sp³-hybridized carbons (Fsp3) is 0.615. The Morgan fingerprint density at radius 1 is 1.06 bits per heavy atom. The molecule has 0 amide bonds. The minimum atomic E-state index is -2.51. The first-order chi connectivity index (χ1) is 8.76. The van der Waals surface area contributed by atoms with Crippen LogP contribution in [0.1, 0.15) is 26.3 Å². The lowest BCUT2D eigenvalue weighted by atomic mass is 10.2. The Kier molecular flexibility index (Phi) is 7.11. The van der Waals surface area contributed by atoms with Crippen LogP contribution in [0.2, 0.25) is 6.04 Å². The highest BCUT2D eigenvalue weighted by Crippen LogP contribution is 2.18. The van der Waals surface area contributed by atoms with Crippen molar-refractivity contribution in [1.29, 1.82) is 0 Å². The van der Waals surface area contributed by atoms with E-state index in [2.05, 4.69) is 11.1 Å². The van der Waals surface area contributed by atoms with Crippen LogP contribution in [0, 0.1) is 0 Å². The summed E-state index contributed by atoms with van der Waals surface area (Å²) in [5.41, 5.74) is 1.19. The lowest BCUT2D eigenvalue weighted by molar-refractivity contribution is 0.0714. The van der Waals surface area contributed by atoms with E-state index in [0.717, 1.165) is 12.5 Å². The lowest BCUT2D eigenvalue weighted by Gasteiger charge is -2.28. The molecule has 0 fully saturated rings. The molecule has 0 atom stereocenters. The van der Waals surface area contributed by atoms with Gasteiger partial charge in [-0.3, -0.25) is 4.98 Å². The van der Waals surface area contributed by atoms with E-state index in [1.165, 1.54) is 5.56 Å². The van der Waals surface area contributed by atoms with Gasteiger partial charge in [-0.05, 0) is 38.8 Å². The third kappa shape index (κ3) is 4.86. The Morgan fingerprint density at radius 2 is 1.67 bits per heavy atom. The molecule has 18 heavy (non-hydrogen) atoms. The van der Waals surface area contributed by atoms with Crippen molar-refractivity contribution in [2.45, 2.75) is 33.2 Å².